The summed E-state index contributed by atoms with van der Waals surface area (Å²) in [5, 5.41) is 9.27. The standard InChI is InChI=1S/C10H22N2O/c1-7(2)10(11)9(6-13)12(3)8-4-5-8/h7-10,13H,4-6,11H2,1-3H3. The zero-order valence-electron chi connectivity index (χ0n) is 8.90. The second-order valence-corrected chi connectivity index (χ2v) is 4.47. The van der Waals surface area contributed by atoms with Crippen LogP contribution >= 0.6 is 0 Å². The number of aliphatic hydroxyl groups is 1. The van der Waals surface area contributed by atoms with Crippen LogP contribution in [0.2, 0.25) is 0 Å². The maximum atomic E-state index is 9.27. The van der Waals surface area contributed by atoms with E-state index in [1.807, 2.05) is 0 Å². The maximum Gasteiger partial charge on any atom is 0.0602 e. The van der Waals surface area contributed by atoms with Crippen molar-refractivity contribution in [2.45, 2.75) is 44.8 Å². The van der Waals surface area contributed by atoms with Crippen molar-refractivity contribution in [1.82, 2.24) is 4.90 Å². The van der Waals surface area contributed by atoms with Crippen molar-refractivity contribution >= 4 is 0 Å². The van der Waals surface area contributed by atoms with Crippen molar-refractivity contribution in [3.8, 4) is 0 Å². The second-order valence-electron chi connectivity index (χ2n) is 4.47. The van der Waals surface area contributed by atoms with Crippen LogP contribution in [0.15, 0.2) is 0 Å². The third kappa shape index (κ3) is 2.66. The summed E-state index contributed by atoms with van der Waals surface area (Å²) in [6.45, 7) is 4.38. The number of hydrogen-bond donors (Lipinski definition) is 2. The molecule has 3 heteroatoms. The lowest BCUT2D eigenvalue weighted by Gasteiger charge is -2.33. The summed E-state index contributed by atoms with van der Waals surface area (Å²) in [6.07, 6.45) is 2.52. The molecule has 1 fully saturated rings. The van der Waals surface area contributed by atoms with Gasteiger partial charge in [-0.1, -0.05) is 13.8 Å². The molecule has 3 nitrogen and oxygen atoms in total. The fourth-order valence-electron chi connectivity index (χ4n) is 1.72. The van der Waals surface area contributed by atoms with Crippen molar-refractivity contribution in [2.75, 3.05) is 13.7 Å². The highest BCUT2D eigenvalue weighted by atomic mass is 16.3. The Kier molecular flexibility index (Phi) is 3.71. The van der Waals surface area contributed by atoms with E-state index >= 15 is 0 Å². The summed E-state index contributed by atoms with van der Waals surface area (Å²) < 4.78 is 0. The monoisotopic (exact) mass is 186 g/mol. The van der Waals surface area contributed by atoms with Crippen LogP contribution in [0.4, 0.5) is 0 Å². The van der Waals surface area contributed by atoms with Crippen LogP contribution in [0.1, 0.15) is 26.7 Å². The summed E-state index contributed by atoms with van der Waals surface area (Å²) in [6, 6.07) is 0.880. The van der Waals surface area contributed by atoms with E-state index in [4.69, 9.17) is 5.73 Å². The molecule has 0 amide bonds. The highest BCUT2D eigenvalue weighted by molar-refractivity contribution is 4.91. The molecule has 0 saturated heterocycles. The third-order valence-electron chi connectivity index (χ3n) is 3.05. The van der Waals surface area contributed by atoms with Crippen LogP contribution in [-0.4, -0.2) is 41.8 Å². The molecule has 1 rings (SSSR count). The second kappa shape index (κ2) is 4.40. The Hall–Kier alpha value is -0.120. The van der Waals surface area contributed by atoms with Gasteiger partial charge in [-0.2, -0.15) is 0 Å². The van der Waals surface area contributed by atoms with Gasteiger partial charge in [0.1, 0.15) is 0 Å². The molecule has 2 unspecified atom stereocenters. The lowest BCUT2D eigenvalue weighted by molar-refractivity contribution is 0.107. The molecule has 0 spiro atoms. The molecular weight excluding hydrogens is 164 g/mol. The van der Waals surface area contributed by atoms with Gasteiger partial charge < -0.3 is 10.8 Å². The first-order valence-electron chi connectivity index (χ1n) is 5.16. The Labute approximate surface area is 80.9 Å². The molecule has 0 aromatic carbocycles. The predicted octanol–water partition coefficient (Wildman–Crippen LogP) is 0.425. The smallest absolute Gasteiger partial charge is 0.0602 e. The molecule has 0 aliphatic heterocycles. The van der Waals surface area contributed by atoms with Crippen molar-refractivity contribution in [2.24, 2.45) is 11.7 Å². The largest absolute Gasteiger partial charge is 0.395 e. The van der Waals surface area contributed by atoms with Gasteiger partial charge in [0, 0.05) is 18.1 Å². The fraction of sp³-hybridized carbons (Fsp3) is 1.00. The van der Waals surface area contributed by atoms with Crippen molar-refractivity contribution < 1.29 is 5.11 Å². The number of nitrogens with zero attached hydrogens (tertiary/aromatic N) is 1. The molecule has 78 valence electrons. The summed E-state index contributed by atoms with van der Waals surface area (Å²) in [5.41, 5.74) is 6.04. The number of likely N-dealkylation sites (N-methyl/N-ethyl adjacent to an activating group) is 1. The van der Waals surface area contributed by atoms with E-state index in [2.05, 4.69) is 25.8 Å². The molecule has 3 N–H and O–H groups in total. The van der Waals surface area contributed by atoms with Gasteiger partial charge in [0.25, 0.3) is 0 Å². The molecule has 13 heavy (non-hydrogen) atoms. The highest BCUT2D eigenvalue weighted by Gasteiger charge is 2.34. The van der Waals surface area contributed by atoms with Gasteiger partial charge in [-0.25, -0.2) is 0 Å². The Morgan fingerprint density at radius 3 is 2.31 bits per heavy atom. The number of rotatable bonds is 5. The summed E-state index contributed by atoms with van der Waals surface area (Å²) in [5.74, 6) is 0.429. The number of nitrogens with two attached hydrogens (primary N) is 1. The first-order chi connectivity index (χ1) is 6.07. The van der Waals surface area contributed by atoms with Gasteiger partial charge in [0.05, 0.1) is 6.61 Å². The lowest BCUT2D eigenvalue weighted by atomic mass is 9.97. The van der Waals surface area contributed by atoms with Gasteiger partial charge in [-0.05, 0) is 25.8 Å². The van der Waals surface area contributed by atoms with Gasteiger partial charge in [-0.3, -0.25) is 4.90 Å². The molecule has 0 radical (unpaired) electrons. The number of hydrogen-bond acceptors (Lipinski definition) is 3. The molecule has 0 aromatic heterocycles. The SMILES string of the molecule is CC(C)C(N)C(CO)N(C)C1CC1. The molecule has 2 atom stereocenters. The van der Waals surface area contributed by atoms with Crippen LogP contribution in [-0.2, 0) is 0 Å². The van der Waals surface area contributed by atoms with E-state index in [0.717, 1.165) is 0 Å². The van der Waals surface area contributed by atoms with E-state index in [1.165, 1.54) is 12.8 Å². The molecule has 1 saturated carbocycles. The van der Waals surface area contributed by atoms with Gasteiger partial charge in [0.2, 0.25) is 0 Å². The van der Waals surface area contributed by atoms with E-state index in [1.54, 1.807) is 0 Å². The van der Waals surface area contributed by atoms with Crippen LogP contribution < -0.4 is 5.73 Å². The van der Waals surface area contributed by atoms with Crippen molar-refractivity contribution in [3.63, 3.8) is 0 Å². The zero-order valence-corrected chi connectivity index (χ0v) is 8.90. The van der Waals surface area contributed by atoms with Crippen molar-refractivity contribution in [1.29, 1.82) is 0 Å². The third-order valence-corrected chi connectivity index (χ3v) is 3.05. The molecule has 0 heterocycles. The zero-order chi connectivity index (χ0) is 10.0. The van der Waals surface area contributed by atoms with E-state index in [9.17, 15) is 5.11 Å². The van der Waals surface area contributed by atoms with Crippen LogP contribution in [0.3, 0.4) is 0 Å². The topological polar surface area (TPSA) is 49.5 Å². The van der Waals surface area contributed by atoms with Crippen LogP contribution in [0, 0.1) is 5.92 Å². The Bertz CT molecular complexity index is 149. The normalized spacial score (nSPS) is 22.4. The first kappa shape index (κ1) is 11.0. The average molecular weight is 186 g/mol. The number of aliphatic hydroxyl groups excluding tert-OH is 1. The predicted molar refractivity (Wildman–Crippen MR) is 54.5 cm³/mol. The Morgan fingerprint density at radius 1 is 1.46 bits per heavy atom. The van der Waals surface area contributed by atoms with Gasteiger partial charge >= 0.3 is 0 Å². The van der Waals surface area contributed by atoms with E-state index < -0.39 is 0 Å². The highest BCUT2D eigenvalue weighted by Crippen LogP contribution is 2.28. The summed E-state index contributed by atoms with van der Waals surface area (Å²) in [7, 11) is 2.07. The van der Waals surface area contributed by atoms with Crippen LogP contribution in [0.25, 0.3) is 0 Å². The summed E-state index contributed by atoms with van der Waals surface area (Å²) in [4.78, 5) is 2.24. The van der Waals surface area contributed by atoms with Gasteiger partial charge in [0.15, 0.2) is 0 Å². The molecule has 0 bridgehead atoms. The lowest BCUT2D eigenvalue weighted by Crippen LogP contribution is -2.51. The fourth-order valence-corrected chi connectivity index (χ4v) is 1.72. The average Bonchev–Trinajstić information content (AvgIpc) is 2.87. The Balaban J connectivity index is 2.49. The molecule has 1 aliphatic carbocycles. The molecule has 0 aromatic rings. The minimum absolute atomic E-state index is 0.0793. The maximum absolute atomic E-state index is 9.27. The quantitative estimate of drug-likeness (QED) is 0.654. The first-order valence-corrected chi connectivity index (χ1v) is 5.16. The van der Waals surface area contributed by atoms with E-state index in [0.29, 0.717) is 12.0 Å². The molecule has 1 aliphatic rings. The molecular formula is C10H22N2O. The van der Waals surface area contributed by atoms with Gasteiger partial charge in [-0.15, -0.1) is 0 Å². The Morgan fingerprint density at radius 2 is 2.00 bits per heavy atom. The minimum Gasteiger partial charge on any atom is -0.395 e. The van der Waals surface area contributed by atoms with Crippen LogP contribution in [0.5, 0.6) is 0 Å². The van der Waals surface area contributed by atoms with Crippen molar-refractivity contribution in [3.05, 3.63) is 0 Å². The van der Waals surface area contributed by atoms with E-state index in [-0.39, 0.29) is 18.7 Å². The minimum atomic E-state index is 0.0793. The summed E-state index contributed by atoms with van der Waals surface area (Å²) >= 11 is 0.